The van der Waals surface area contributed by atoms with E-state index in [-0.39, 0.29) is 19.8 Å². The second-order valence-corrected chi connectivity index (χ2v) is 10.8. The van der Waals surface area contributed by atoms with Gasteiger partial charge in [-0.1, -0.05) is 60.7 Å². The van der Waals surface area contributed by atoms with Crippen molar-refractivity contribution in [2.75, 3.05) is 20.8 Å². The van der Waals surface area contributed by atoms with Crippen molar-refractivity contribution in [3.63, 3.8) is 0 Å². The fourth-order valence-electron chi connectivity index (χ4n) is 4.13. The second-order valence-electron chi connectivity index (χ2n) is 8.52. The van der Waals surface area contributed by atoms with E-state index in [1.54, 1.807) is 0 Å². The van der Waals surface area contributed by atoms with E-state index in [1.807, 2.05) is 60.7 Å². The predicted octanol–water partition coefficient (Wildman–Crippen LogP) is 3.44. The molecule has 0 aromatic heterocycles. The molecule has 0 unspecified atom stereocenters. The van der Waals surface area contributed by atoms with Gasteiger partial charge in [0.1, 0.15) is 24.9 Å². The molecule has 0 bridgehead atoms. The lowest BCUT2D eigenvalue weighted by Gasteiger charge is -2.47. The average Bonchev–Trinajstić information content (AvgIpc) is 2.90. The number of ether oxygens (including phenoxy) is 4. The van der Waals surface area contributed by atoms with Crippen LogP contribution in [0.4, 0.5) is 0 Å². The molecule has 202 valence electrons. The van der Waals surface area contributed by atoms with E-state index in [9.17, 15) is 14.2 Å². The Kier molecular flexibility index (Phi) is 10.8. The van der Waals surface area contributed by atoms with Crippen molar-refractivity contribution in [1.29, 1.82) is 0 Å². The Hall–Kier alpha value is -2.59. The number of rotatable bonds is 12. The third kappa shape index (κ3) is 7.95. The Morgan fingerprint density at radius 3 is 1.84 bits per heavy atom. The van der Waals surface area contributed by atoms with Crippen molar-refractivity contribution in [2.45, 2.75) is 57.3 Å². The summed E-state index contributed by atoms with van der Waals surface area (Å²) in [6, 6.07) is 18.0. The highest BCUT2D eigenvalue weighted by molar-refractivity contribution is 7.54. The number of amides is 1. The molecule has 1 fully saturated rings. The molecular weight excluding hydrogens is 501 g/mol. The fraction of sp³-hybridized carbons (Fsp3) is 0.462. The van der Waals surface area contributed by atoms with E-state index >= 15 is 0 Å². The van der Waals surface area contributed by atoms with Crippen LogP contribution in [0.2, 0.25) is 0 Å². The minimum absolute atomic E-state index is 0.171. The zero-order valence-electron chi connectivity index (χ0n) is 21.4. The highest BCUT2D eigenvalue weighted by Crippen LogP contribution is 2.56. The van der Waals surface area contributed by atoms with Gasteiger partial charge in [0.25, 0.3) is 0 Å². The number of hydrogen-bond donors (Lipinski definition) is 1. The van der Waals surface area contributed by atoms with Crippen LogP contribution in [0.1, 0.15) is 25.0 Å². The summed E-state index contributed by atoms with van der Waals surface area (Å²) >= 11 is 0. The smallest absolute Gasteiger partial charge is 0.360 e. The van der Waals surface area contributed by atoms with E-state index in [1.165, 1.54) is 28.1 Å². The van der Waals surface area contributed by atoms with Crippen LogP contribution in [0.5, 0.6) is 0 Å². The van der Waals surface area contributed by atoms with Gasteiger partial charge in [-0.2, -0.15) is 0 Å². The maximum atomic E-state index is 13.6. The van der Waals surface area contributed by atoms with Gasteiger partial charge < -0.3 is 33.3 Å². The van der Waals surface area contributed by atoms with Crippen LogP contribution in [0.3, 0.4) is 0 Å². The van der Waals surface area contributed by atoms with Crippen LogP contribution in [-0.2, 0) is 55.4 Å². The molecule has 0 saturated carbocycles. The SMILES string of the molecule is COP(=O)(OC)[C@@H]1O[C@H](COC(C)=O)[C@@H](OCc2ccccc2)[C@H](OCc2ccccc2)[C@H]1NC(C)=O. The molecule has 11 heteroatoms. The van der Waals surface area contributed by atoms with Crippen LogP contribution in [-0.4, -0.2) is 62.9 Å². The molecule has 0 spiro atoms. The van der Waals surface area contributed by atoms with Crippen LogP contribution in [0.25, 0.3) is 0 Å². The van der Waals surface area contributed by atoms with Gasteiger partial charge in [0, 0.05) is 28.1 Å². The molecule has 1 amide bonds. The van der Waals surface area contributed by atoms with E-state index in [0.717, 1.165) is 11.1 Å². The van der Waals surface area contributed by atoms with Crippen molar-refractivity contribution < 1.29 is 42.1 Å². The molecule has 0 radical (unpaired) electrons. The monoisotopic (exact) mass is 535 g/mol. The number of esters is 1. The largest absolute Gasteiger partial charge is 0.463 e. The van der Waals surface area contributed by atoms with Gasteiger partial charge in [-0.3, -0.25) is 14.2 Å². The summed E-state index contributed by atoms with van der Waals surface area (Å²) in [4.78, 5) is 23.9. The molecule has 3 rings (SSSR count). The molecule has 0 aliphatic carbocycles. The first-order valence-corrected chi connectivity index (χ1v) is 13.5. The van der Waals surface area contributed by atoms with Crippen LogP contribution in [0, 0.1) is 0 Å². The van der Waals surface area contributed by atoms with E-state index in [0.29, 0.717) is 0 Å². The van der Waals surface area contributed by atoms with Crippen molar-refractivity contribution in [2.24, 2.45) is 0 Å². The third-order valence-electron chi connectivity index (χ3n) is 5.88. The quantitative estimate of drug-likeness (QED) is 0.322. The zero-order valence-corrected chi connectivity index (χ0v) is 22.3. The van der Waals surface area contributed by atoms with Gasteiger partial charge in [-0.25, -0.2) is 0 Å². The lowest BCUT2D eigenvalue weighted by Crippen LogP contribution is -2.65. The van der Waals surface area contributed by atoms with Gasteiger partial charge in [0.2, 0.25) is 5.91 Å². The summed E-state index contributed by atoms with van der Waals surface area (Å²) in [6.45, 7) is 2.78. The number of nitrogens with one attached hydrogen (secondary N) is 1. The third-order valence-corrected chi connectivity index (χ3v) is 7.96. The number of benzene rings is 2. The van der Waals surface area contributed by atoms with Crippen LogP contribution in [0.15, 0.2) is 60.7 Å². The molecule has 1 heterocycles. The number of carbonyl (C=O) groups is 2. The van der Waals surface area contributed by atoms with Crippen molar-refractivity contribution in [3.05, 3.63) is 71.8 Å². The first kappa shape index (κ1) is 29.0. The minimum atomic E-state index is -3.90. The second kappa shape index (κ2) is 13.8. The molecule has 5 atom stereocenters. The first-order chi connectivity index (χ1) is 17.8. The molecular formula is C26H34NO9P. The van der Waals surface area contributed by atoms with E-state index < -0.39 is 49.7 Å². The molecule has 2 aromatic carbocycles. The Morgan fingerprint density at radius 1 is 0.865 bits per heavy atom. The Morgan fingerprint density at radius 2 is 1.38 bits per heavy atom. The molecule has 37 heavy (non-hydrogen) atoms. The summed E-state index contributed by atoms with van der Waals surface area (Å²) in [5.74, 6) is -2.18. The van der Waals surface area contributed by atoms with Crippen molar-refractivity contribution in [1.82, 2.24) is 5.32 Å². The zero-order chi connectivity index (χ0) is 26.8. The number of hydrogen-bond acceptors (Lipinski definition) is 9. The molecule has 1 aliphatic rings. The maximum Gasteiger partial charge on any atom is 0.360 e. The summed E-state index contributed by atoms with van der Waals surface area (Å²) in [5, 5.41) is 2.80. The van der Waals surface area contributed by atoms with Crippen LogP contribution >= 0.6 is 7.60 Å². The van der Waals surface area contributed by atoms with Crippen molar-refractivity contribution in [3.8, 4) is 0 Å². The normalized spacial score (nSPS) is 23.8. The maximum absolute atomic E-state index is 13.6. The summed E-state index contributed by atoms with van der Waals surface area (Å²) in [6.07, 6.45) is -2.59. The van der Waals surface area contributed by atoms with Gasteiger partial charge in [0.05, 0.1) is 19.3 Å². The molecule has 1 saturated heterocycles. The van der Waals surface area contributed by atoms with E-state index in [2.05, 4.69) is 5.32 Å². The summed E-state index contributed by atoms with van der Waals surface area (Å²) in [7, 11) is -1.44. The van der Waals surface area contributed by atoms with Crippen molar-refractivity contribution >= 4 is 19.5 Å². The summed E-state index contributed by atoms with van der Waals surface area (Å²) < 4.78 is 48.1. The fourth-order valence-corrected chi connectivity index (χ4v) is 5.64. The Bertz CT molecular complexity index is 1040. The van der Waals surface area contributed by atoms with Gasteiger partial charge in [0.15, 0.2) is 5.85 Å². The van der Waals surface area contributed by atoms with E-state index in [4.69, 9.17) is 28.0 Å². The van der Waals surface area contributed by atoms with Gasteiger partial charge in [-0.05, 0) is 11.1 Å². The predicted molar refractivity (Wildman–Crippen MR) is 135 cm³/mol. The average molecular weight is 536 g/mol. The lowest BCUT2D eigenvalue weighted by molar-refractivity contribution is -0.219. The Balaban J connectivity index is 2.01. The van der Waals surface area contributed by atoms with Crippen LogP contribution < -0.4 is 5.32 Å². The first-order valence-electron chi connectivity index (χ1n) is 11.9. The Labute approximate surface area is 217 Å². The highest BCUT2D eigenvalue weighted by atomic mass is 31.2. The highest BCUT2D eigenvalue weighted by Gasteiger charge is 2.55. The lowest BCUT2D eigenvalue weighted by atomic mass is 9.97. The topological polar surface area (TPSA) is 119 Å². The minimum Gasteiger partial charge on any atom is -0.463 e. The summed E-state index contributed by atoms with van der Waals surface area (Å²) in [5.41, 5.74) is 1.78. The van der Waals surface area contributed by atoms with Gasteiger partial charge >= 0.3 is 13.6 Å². The molecule has 1 N–H and O–H groups in total. The molecule has 10 nitrogen and oxygen atoms in total. The molecule has 1 aliphatic heterocycles. The molecule has 2 aromatic rings. The van der Waals surface area contributed by atoms with Gasteiger partial charge in [-0.15, -0.1) is 0 Å². The number of carbonyl (C=O) groups excluding carboxylic acids is 2. The standard InChI is InChI=1S/C26H34NO9P/c1-18(28)27-23-25(35-16-21-13-9-6-10-14-21)24(34-15-20-11-7-5-8-12-20)22(17-33-19(2)29)36-26(23)37(30,31-3)32-4/h5-14,22-26H,15-17H2,1-4H3,(H,27,28)/t22-,23-,24-,25-,26+/m1/s1.